The number of esters is 3. The van der Waals surface area contributed by atoms with Crippen molar-refractivity contribution in [3.63, 3.8) is 0 Å². The van der Waals surface area contributed by atoms with Gasteiger partial charge in [0.25, 0.3) is 0 Å². The van der Waals surface area contributed by atoms with Crippen molar-refractivity contribution >= 4 is 17.9 Å². The van der Waals surface area contributed by atoms with Gasteiger partial charge in [0.2, 0.25) is 0 Å². The van der Waals surface area contributed by atoms with Gasteiger partial charge in [-0.25, -0.2) is 0 Å². The second-order valence-electron chi connectivity index (χ2n) is 21.6. The van der Waals surface area contributed by atoms with Crippen LogP contribution in [0.5, 0.6) is 0 Å². The lowest BCUT2D eigenvalue weighted by molar-refractivity contribution is -0.167. The first-order chi connectivity index (χ1) is 36.0. The van der Waals surface area contributed by atoms with Crippen molar-refractivity contribution in [3.8, 4) is 0 Å². The normalized spacial score (nSPS) is 12.3. The van der Waals surface area contributed by atoms with Gasteiger partial charge in [-0.2, -0.15) is 0 Å². The molecule has 0 amide bonds. The van der Waals surface area contributed by atoms with Gasteiger partial charge in [0, 0.05) is 19.3 Å². The van der Waals surface area contributed by atoms with E-state index in [1.54, 1.807) is 0 Å². The highest BCUT2D eigenvalue weighted by Crippen LogP contribution is 2.18. The lowest BCUT2D eigenvalue weighted by Crippen LogP contribution is -2.30. The topological polar surface area (TPSA) is 78.9 Å². The first kappa shape index (κ1) is 70.4. The summed E-state index contributed by atoms with van der Waals surface area (Å²) >= 11 is 0. The van der Waals surface area contributed by atoms with Crippen molar-refractivity contribution in [1.29, 1.82) is 0 Å². The van der Waals surface area contributed by atoms with Crippen LogP contribution in [-0.4, -0.2) is 37.2 Å². The zero-order valence-corrected chi connectivity index (χ0v) is 48.9. The molecule has 0 N–H and O–H groups in total. The van der Waals surface area contributed by atoms with Gasteiger partial charge in [0.15, 0.2) is 6.10 Å². The molecule has 0 saturated carbocycles. The second-order valence-corrected chi connectivity index (χ2v) is 21.6. The van der Waals surface area contributed by atoms with Crippen LogP contribution in [-0.2, 0) is 28.6 Å². The number of ether oxygens (including phenoxy) is 3. The Morgan fingerprint density at radius 3 is 0.849 bits per heavy atom. The first-order valence-electron chi connectivity index (χ1n) is 32.1. The highest BCUT2D eigenvalue weighted by molar-refractivity contribution is 5.71. The van der Waals surface area contributed by atoms with Gasteiger partial charge in [0.1, 0.15) is 13.2 Å². The standard InChI is InChI=1S/C67H122O6/c1-4-7-10-13-16-19-22-25-28-30-31-32-33-34-35-36-38-39-42-45-48-51-54-57-60-66(69)72-63-64(62-71-65(68)59-56-53-50-47-44-41-27-24-21-18-15-12-9-6-3)73-67(70)61-58-55-52-49-46-43-40-37-29-26-23-20-17-14-11-8-5-2/h8,11,17,20,24,26-27,29,64H,4-7,9-10,12-16,18-19,21-23,25,28,30-63H2,1-3H3/b11-8-,20-17-,27-24-,29-26-. The van der Waals surface area contributed by atoms with Crippen LogP contribution < -0.4 is 0 Å². The van der Waals surface area contributed by atoms with Crippen LogP contribution in [0.3, 0.4) is 0 Å². The Balaban J connectivity index is 4.27. The fourth-order valence-corrected chi connectivity index (χ4v) is 9.51. The predicted molar refractivity (Wildman–Crippen MR) is 316 cm³/mol. The third-order valence-electron chi connectivity index (χ3n) is 14.3. The van der Waals surface area contributed by atoms with Gasteiger partial charge < -0.3 is 14.2 Å². The zero-order valence-electron chi connectivity index (χ0n) is 48.9. The zero-order chi connectivity index (χ0) is 52.9. The van der Waals surface area contributed by atoms with E-state index in [0.29, 0.717) is 19.3 Å². The van der Waals surface area contributed by atoms with E-state index in [4.69, 9.17) is 14.2 Å². The van der Waals surface area contributed by atoms with Crippen molar-refractivity contribution in [2.45, 2.75) is 348 Å². The molecule has 0 bridgehead atoms. The molecule has 1 atom stereocenters. The summed E-state index contributed by atoms with van der Waals surface area (Å²) in [6, 6.07) is 0. The highest BCUT2D eigenvalue weighted by Gasteiger charge is 2.19. The van der Waals surface area contributed by atoms with Crippen LogP contribution in [0.2, 0.25) is 0 Å². The molecule has 0 heterocycles. The average Bonchev–Trinajstić information content (AvgIpc) is 3.39. The quantitative estimate of drug-likeness (QED) is 0.0261. The van der Waals surface area contributed by atoms with Crippen molar-refractivity contribution in [1.82, 2.24) is 0 Å². The van der Waals surface area contributed by atoms with Crippen molar-refractivity contribution < 1.29 is 28.6 Å². The van der Waals surface area contributed by atoms with E-state index < -0.39 is 6.10 Å². The highest BCUT2D eigenvalue weighted by atomic mass is 16.6. The van der Waals surface area contributed by atoms with Crippen LogP contribution in [0.25, 0.3) is 0 Å². The molecule has 0 saturated heterocycles. The molecule has 0 aliphatic carbocycles. The second kappa shape index (κ2) is 61.9. The molecule has 0 aromatic heterocycles. The van der Waals surface area contributed by atoms with E-state index in [0.717, 1.165) is 89.9 Å². The van der Waals surface area contributed by atoms with E-state index in [1.165, 1.54) is 212 Å². The molecule has 0 spiro atoms. The van der Waals surface area contributed by atoms with Crippen LogP contribution in [0.15, 0.2) is 48.6 Å². The minimum Gasteiger partial charge on any atom is -0.462 e. The maximum atomic E-state index is 12.9. The SMILES string of the molecule is CC/C=C\C/C=C\C/C=C\CCCCCCCCCC(=O)OC(COC(=O)CCCCCCC/C=C\CCCCCCC)COC(=O)CCCCCCCCCCCCCCCCCCCCCCCCCC. The molecule has 73 heavy (non-hydrogen) atoms. The number of unbranched alkanes of at least 4 members (excludes halogenated alkanes) is 40. The molecule has 0 radical (unpaired) electrons. The molecule has 0 aliphatic heterocycles. The fourth-order valence-electron chi connectivity index (χ4n) is 9.51. The molecular weight excluding hydrogens is 901 g/mol. The summed E-state index contributed by atoms with van der Waals surface area (Å²) < 4.78 is 16.9. The summed E-state index contributed by atoms with van der Waals surface area (Å²) in [6.45, 7) is 6.56. The Morgan fingerprint density at radius 1 is 0.288 bits per heavy atom. The molecular formula is C67H122O6. The lowest BCUT2D eigenvalue weighted by Gasteiger charge is -2.18. The summed E-state index contributed by atoms with van der Waals surface area (Å²) in [6.07, 6.45) is 76.9. The van der Waals surface area contributed by atoms with E-state index in [2.05, 4.69) is 69.4 Å². The van der Waals surface area contributed by atoms with Gasteiger partial charge in [-0.1, -0.05) is 294 Å². The van der Waals surface area contributed by atoms with E-state index >= 15 is 0 Å². The van der Waals surface area contributed by atoms with Crippen LogP contribution in [0, 0.1) is 0 Å². The summed E-state index contributed by atoms with van der Waals surface area (Å²) in [4.78, 5) is 38.3. The Bertz CT molecular complexity index is 1270. The van der Waals surface area contributed by atoms with Crippen molar-refractivity contribution in [2.75, 3.05) is 13.2 Å². The maximum absolute atomic E-state index is 12.9. The molecule has 1 unspecified atom stereocenters. The van der Waals surface area contributed by atoms with Gasteiger partial charge in [-0.15, -0.1) is 0 Å². The van der Waals surface area contributed by atoms with Gasteiger partial charge in [0.05, 0.1) is 0 Å². The summed E-state index contributed by atoms with van der Waals surface area (Å²) in [5.74, 6) is -0.875. The minimum absolute atomic E-state index is 0.0763. The molecule has 0 fully saturated rings. The Kier molecular flexibility index (Phi) is 59.7. The maximum Gasteiger partial charge on any atom is 0.306 e. The molecule has 6 nitrogen and oxygen atoms in total. The fraction of sp³-hybridized carbons (Fsp3) is 0.836. The molecule has 0 aromatic rings. The third-order valence-corrected chi connectivity index (χ3v) is 14.3. The number of hydrogen-bond donors (Lipinski definition) is 0. The van der Waals surface area contributed by atoms with Crippen molar-refractivity contribution in [2.24, 2.45) is 0 Å². The molecule has 0 aromatic carbocycles. The van der Waals surface area contributed by atoms with Crippen molar-refractivity contribution in [3.05, 3.63) is 48.6 Å². The number of hydrogen-bond acceptors (Lipinski definition) is 6. The minimum atomic E-state index is -0.781. The van der Waals surface area contributed by atoms with Crippen LogP contribution >= 0.6 is 0 Å². The predicted octanol–water partition coefficient (Wildman–Crippen LogP) is 21.8. The lowest BCUT2D eigenvalue weighted by atomic mass is 10.0. The third kappa shape index (κ3) is 60.1. The number of rotatable bonds is 59. The summed E-state index contributed by atoms with van der Waals surface area (Å²) in [5, 5.41) is 0. The van der Waals surface area contributed by atoms with E-state index in [1.807, 2.05) is 0 Å². The van der Waals surface area contributed by atoms with E-state index in [9.17, 15) is 14.4 Å². The average molecular weight is 1020 g/mol. The molecule has 6 heteroatoms. The molecule has 0 aliphatic rings. The largest absolute Gasteiger partial charge is 0.462 e. The Hall–Kier alpha value is -2.63. The number of carbonyl (C=O) groups excluding carboxylic acids is 3. The molecule has 426 valence electrons. The summed E-state index contributed by atoms with van der Waals surface area (Å²) in [7, 11) is 0. The van der Waals surface area contributed by atoms with Crippen LogP contribution in [0.1, 0.15) is 342 Å². The Labute approximate surface area is 454 Å². The van der Waals surface area contributed by atoms with E-state index in [-0.39, 0.29) is 31.1 Å². The molecule has 0 rings (SSSR count). The van der Waals surface area contributed by atoms with Crippen LogP contribution in [0.4, 0.5) is 0 Å². The monoisotopic (exact) mass is 1020 g/mol. The summed E-state index contributed by atoms with van der Waals surface area (Å²) in [5.41, 5.74) is 0. The van der Waals surface area contributed by atoms with Gasteiger partial charge in [-0.3, -0.25) is 14.4 Å². The Morgan fingerprint density at radius 2 is 0.534 bits per heavy atom. The smallest absolute Gasteiger partial charge is 0.306 e. The van der Waals surface area contributed by atoms with Gasteiger partial charge in [-0.05, 0) is 77.0 Å². The number of allylic oxidation sites excluding steroid dienone is 8. The first-order valence-corrected chi connectivity index (χ1v) is 32.1. The van der Waals surface area contributed by atoms with Gasteiger partial charge >= 0.3 is 17.9 Å². The number of carbonyl (C=O) groups is 3.